The van der Waals surface area contributed by atoms with E-state index in [4.69, 9.17) is 26.8 Å². The highest BCUT2D eigenvalue weighted by atomic mass is 35.5. The van der Waals surface area contributed by atoms with Gasteiger partial charge in [0.15, 0.2) is 11.5 Å². The molecule has 2 aromatic rings. The topological polar surface area (TPSA) is 90.6 Å². The third-order valence-electron chi connectivity index (χ3n) is 3.14. The number of anilines is 1. The second kappa shape index (κ2) is 7.02. The van der Waals surface area contributed by atoms with E-state index in [2.05, 4.69) is 5.32 Å². The van der Waals surface area contributed by atoms with Crippen molar-refractivity contribution in [2.24, 2.45) is 5.73 Å². The van der Waals surface area contributed by atoms with Crippen molar-refractivity contribution in [1.29, 1.82) is 0 Å². The van der Waals surface area contributed by atoms with Gasteiger partial charge in [-0.2, -0.15) is 0 Å². The van der Waals surface area contributed by atoms with Crippen LogP contribution in [-0.4, -0.2) is 26.0 Å². The number of nitrogens with two attached hydrogens (primary N) is 1. The Morgan fingerprint density at radius 1 is 1.04 bits per heavy atom. The van der Waals surface area contributed by atoms with Crippen LogP contribution in [0.5, 0.6) is 11.5 Å². The molecule has 0 spiro atoms. The van der Waals surface area contributed by atoms with Crippen LogP contribution in [0.25, 0.3) is 0 Å². The van der Waals surface area contributed by atoms with Crippen molar-refractivity contribution in [3.8, 4) is 11.5 Å². The number of amides is 2. The molecule has 3 N–H and O–H groups in total. The molecule has 0 heterocycles. The van der Waals surface area contributed by atoms with Crippen LogP contribution in [0.1, 0.15) is 20.7 Å². The van der Waals surface area contributed by atoms with Gasteiger partial charge in [0.2, 0.25) is 5.91 Å². The minimum absolute atomic E-state index is 0.169. The number of hydrogen-bond donors (Lipinski definition) is 2. The summed E-state index contributed by atoms with van der Waals surface area (Å²) in [6, 6.07) is 9.26. The van der Waals surface area contributed by atoms with Crippen molar-refractivity contribution in [2.75, 3.05) is 19.5 Å². The number of nitrogens with one attached hydrogen (secondary N) is 1. The van der Waals surface area contributed by atoms with E-state index in [1.165, 1.54) is 26.4 Å². The van der Waals surface area contributed by atoms with Gasteiger partial charge in [0.1, 0.15) is 0 Å². The molecule has 2 rings (SSSR count). The number of methoxy groups -OCH3 is 2. The molecule has 7 heteroatoms. The van der Waals surface area contributed by atoms with E-state index in [-0.39, 0.29) is 16.5 Å². The number of hydrogen-bond acceptors (Lipinski definition) is 4. The minimum Gasteiger partial charge on any atom is -0.493 e. The van der Waals surface area contributed by atoms with Gasteiger partial charge in [0.25, 0.3) is 5.91 Å². The third kappa shape index (κ3) is 3.73. The minimum atomic E-state index is -0.632. The maximum atomic E-state index is 12.3. The molecule has 23 heavy (non-hydrogen) atoms. The van der Waals surface area contributed by atoms with Gasteiger partial charge in [-0.15, -0.1) is 0 Å². The van der Waals surface area contributed by atoms with Crippen molar-refractivity contribution in [3.05, 3.63) is 52.5 Å². The summed E-state index contributed by atoms with van der Waals surface area (Å²) >= 11 is 5.95. The summed E-state index contributed by atoms with van der Waals surface area (Å²) in [5.41, 5.74) is 6.20. The summed E-state index contributed by atoms with van der Waals surface area (Å²) in [6.07, 6.45) is 0. The summed E-state index contributed by atoms with van der Waals surface area (Å²) in [5, 5.41) is 2.85. The molecule has 0 radical (unpaired) electrons. The number of rotatable bonds is 5. The standard InChI is InChI=1S/C16H15ClN2O4/c1-22-13-6-3-9(7-14(13)23-2)16(21)19-10-4-5-11(15(18)20)12(17)8-10/h3-8H,1-2H3,(H2,18,20)(H,19,21). The number of benzene rings is 2. The highest BCUT2D eigenvalue weighted by Gasteiger charge is 2.12. The lowest BCUT2D eigenvalue weighted by Gasteiger charge is -2.10. The van der Waals surface area contributed by atoms with Crippen LogP contribution in [0.4, 0.5) is 5.69 Å². The number of carbonyl (C=O) groups is 2. The van der Waals surface area contributed by atoms with Crippen LogP contribution in [-0.2, 0) is 0 Å². The van der Waals surface area contributed by atoms with E-state index in [1.807, 2.05) is 0 Å². The quantitative estimate of drug-likeness (QED) is 0.879. The smallest absolute Gasteiger partial charge is 0.255 e. The second-order valence-corrected chi connectivity index (χ2v) is 4.99. The first-order valence-corrected chi connectivity index (χ1v) is 6.96. The fourth-order valence-corrected chi connectivity index (χ4v) is 2.25. The molecular weight excluding hydrogens is 320 g/mol. The Balaban J connectivity index is 2.22. The summed E-state index contributed by atoms with van der Waals surface area (Å²) in [6.45, 7) is 0. The van der Waals surface area contributed by atoms with Crippen LogP contribution in [0.15, 0.2) is 36.4 Å². The lowest BCUT2D eigenvalue weighted by Crippen LogP contribution is -2.14. The molecular formula is C16H15ClN2O4. The molecule has 0 saturated carbocycles. The molecule has 0 aliphatic rings. The van der Waals surface area contributed by atoms with Crippen molar-refractivity contribution in [1.82, 2.24) is 0 Å². The zero-order chi connectivity index (χ0) is 17.0. The average molecular weight is 335 g/mol. The van der Waals surface area contributed by atoms with E-state index in [0.717, 1.165) is 0 Å². The highest BCUT2D eigenvalue weighted by Crippen LogP contribution is 2.28. The SMILES string of the molecule is COc1ccc(C(=O)Nc2ccc(C(N)=O)c(Cl)c2)cc1OC. The van der Waals surface area contributed by atoms with Crippen molar-refractivity contribution in [3.63, 3.8) is 0 Å². The van der Waals surface area contributed by atoms with Crippen LogP contribution >= 0.6 is 11.6 Å². The Kier molecular flexibility index (Phi) is 5.08. The van der Waals surface area contributed by atoms with Crippen molar-refractivity contribution >= 4 is 29.1 Å². The molecule has 0 atom stereocenters. The molecule has 0 aromatic heterocycles. The Bertz CT molecular complexity index is 762. The number of carbonyl (C=O) groups excluding carboxylic acids is 2. The van der Waals surface area contributed by atoms with Gasteiger partial charge in [-0.05, 0) is 36.4 Å². The van der Waals surface area contributed by atoms with E-state index < -0.39 is 5.91 Å². The van der Waals surface area contributed by atoms with Crippen molar-refractivity contribution in [2.45, 2.75) is 0 Å². The maximum Gasteiger partial charge on any atom is 0.255 e. The molecule has 0 aliphatic carbocycles. The summed E-state index contributed by atoms with van der Waals surface area (Å²) in [4.78, 5) is 23.4. The fraction of sp³-hybridized carbons (Fsp3) is 0.125. The molecule has 0 unspecified atom stereocenters. The Labute approximate surface area is 138 Å². The number of primary amides is 1. The van der Waals surface area contributed by atoms with Crippen molar-refractivity contribution < 1.29 is 19.1 Å². The predicted octanol–water partition coefficient (Wildman–Crippen LogP) is 2.71. The monoisotopic (exact) mass is 334 g/mol. The van der Waals surface area contributed by atoms with E-state index >= 15 is 0 Å². The summed E-state index contributed by atoms with van der Waals surface area (Å²) in [7, 11) is 3.00. The van der Waals surface area contributed by atoms with Crippen LogP contribution in [0.3, 0.4) is 0 Å². The van der Waals surface area contributed by atoms with E-state index in [1.54, 1.807) is 24.3 Å². The Morgan fingerprint density at radius 2 is 1.74 bits per heavy atom. The predicted molar refractivity (Wildman–Crippen MR) is 87.5 cm³/mol. The maximum absolute atomic E-state index is 12.3. The molecule has 0 saturated heterocycles. The van der Waals surface area contributed by atoms with E-state index in [9.17, 15) is 9.59 Å². The molecule has 0 bridgehead atoms. The van der Waals surface area contributed by atoms with Crippen LogP contribution in [0.2, 0.25) is 5.02 Å². The second-order valence-electron chi connectivity index (χ2n) is 4.58. The van der Waals surface area contributed by atoms with Gasteiger partial charge < -0.3 is 20.5 Å². The normalized spacial score (nSPS) is 10.0. The lowest BCUT2D eigenvalue weighted by molar-refractivity contribution is 0.0998. The molecule has 0 aliphatic heterocycles. The fourth-order valence-electron chi connectivity index (χ4n) is 1.97. The van der Waals surface area contributed by atoms with Gasteiger partial charge in [-0.1, -0.05) is 11.6 Å². The van der Waals surface area contributed by atoms with Crippen LogP contribution < -0.4 is 20.5 Å². The number of ether oxygens (including phenoxy) is 2. The molecule has 0 fully saturated rings. The van der Waals surface area contributed by atoms with Gasteiger partial charge in [-0.25, -0.2) is 0 Å². The van der Waals surface area contributed by atoms with E-state index in [0.29, 0.717) is 22.7 Å². The molecule has 2 amide bonds. The average Bonchev–Trinajstić information content (AvgIpc) is 2.53. The van der Waals surface area contributed by atoms with Gasteiger partial charge in [-0.3, -0.25) is 9.59 Å². The molecule has 120 valence electrons. The first-order chi connectivity index (χ1) is 11.0. The lowest BCUT2D eigenvalue weighted by atomic mass is 10.1. The first-order valence-electron chi connectivity index (χ1n) is 6.59. The zero-order valence-corrected chi connectivity index (χ0v) is 13.3. The summed E-state index contributed by atoms with van der Waals surface area (Å²) in [5.74, 6) is -0.0122. The highest BCUT2D eigenvalue weighted by molar-refractivity contribution is 6.34. The van der Waals surface area contributed by atoms with Gasteiger partial charge in [0.05, 0.1) is 24.8 Å². The van der Waals surface area contributed by atoms with Gasteiger partial charge >= 0.3 is 0 Å². The molecule has 6 nitrogen and oxygen atoms in total. The third-order valence-corrected chi connectivity index (χ3v) is 3.45. The first kappa shape index (κ1) is 16.6. The Morgan fingerprint density at radius 3 is 2.30 bits per heavy atom. The largest absolute Gasteiger partial charge is 0.493 e. The zero-order valence-electron chi connectivity index (χ0n) is 12.6. The number of halogens is 1. The Hall–Kier alpha value is -2.73. The summed E-state index contributed by atoms with van der Waals surface area (Å²) < 4.78 is 10.3. The molecule has 2 aromatic carbocycles. The van der Waals surface area contributed by atoms with Crippen LogP contribution in [0, 0.1) is 0 Å². The van der Waals surface area contributed by atoms with Gasteiger partial charge in [0, 0.05) is 11.3 Å².